The molecule has 5 nitrogen and oxygen atoms in total. The molecule has 2 aromatic rings. The molecule has 0 aromatic carbocycles. The van der Waals surface area contributed by atoms with Gasteiger partial charge in [-0.2, -0.15) is 0 Å². The van der Waals surface area contributed by atoms with Crippen molar-refractivity contribution < 1.29 is 9.90 Å². The summed E-state index contributed by atoms with van der Waals surface area (Å²) in [5, 5.41) is 12.3. The number of carboxylic acid groups (broad SMARTS) is 1. The van der Waals surface area contributed by atoms with E-state index in [-0.39, 0.29) is 0 Å². The van der Waals surface area contributed by atoms with Crippen molar-refractivity contribution in [3.05, 3.63) is 17.8 Å². The first kappa shape index (κ1) is 11.4. The second-order valence-electron chi connectivity index (χ2n) is 4.67. The Morgan fingerprint density at radius 1 is 1.56 bits per heavy atom. The van der Waals surface area contributed by atoms with Crippen molar-refractivity contribution in [2.45, 2.75) is 25.3 Å². The van der Waals surface area contributed by atoms with E-state index in [0.29, 0.717) is 6.42 Å². The third kappa shape index (κ3) is 1.49. The molecule has 3 heterocycles. The van der Waals surface area contributed by atoms with Crippen LogP contribution in [0.5, 0.6) is 0 Å². The number of hydrogen-bond donors (Lipinski definition) is 1. The van der Waals surface area contributed by atoms with Crippen LogP contribution in [-0.2, 0) is 4.79 Å². The average molecular weight is 263 g/mol. The van der Waals surface area contributed by atoms with Crippen LogP contribution < -0.4 is 4.90 Å². The second-order valence-corrected chi connectivity index (χ2v) is 5.57. The van der Waals surface area contributed by atoms with Gasteiger partial charge >= 0.3 is 5.97 Å². The highest BCUT2D eigenvalue weighted by molar-refractivity contribution is 7.16. The van der Waals surface area contributed by atoms with Crippen molar-refractivity contribution in [3.8, 4) is 0 Å². The molecule has 18 heavy (non-hydrogen) atoms. The number of fused-ring (bicyclic) bond motifs is 1. The van der Waals surface area contributed by atoms with E-state index in [0.717, 1.165) is 29.0 Å². The zero-order valence-corrected chi connectivity index (χ0v) is 10.8. The van der Waals surface area contributed by atoms with Crippen LogP contribution in [0.15, 0.2) is 17.8 Å². The molecule has 0 amide bonds. The number of nitrogens with zero attached hydrogens (tertiary/aromatic N) is 3. The van der Waals surface area contributed by atoms with Gasteiger partial charge in [0.1, 0.15) is 22.5 Å². The van der Waals surface area contributed by atoms with Crippen molar-refractivity contribution in [1.82, 2.24) is 9.97 Å². The minimum Gasteiger partial charge on any atom is -0.480 e. The fourth-order valence-electron chi connectivity index (χ4n) is 2.52. The molecule has 0 aliphatic carbocycles. The smallest absolute Gasteiger partial charge is 0.329 e. The summed E-state index contributed by atoms with van der Waals surface area (Å²) in [4.78, 5) is 22.8. The first-order valence-corrected chi connectivity index (χ1v) is 6.70. The number of carboxylic acids is 1. The lowest BCUT2D eigenvalue weighted by Gasteiger charge is -2.32. The first-order chi connectivity index (χ1) is 8.63. The molecule has 1 saturated heterocycles. The molecular weight excluding hydrogens is 250 g/mol. The van der Waals surface area contributed by atoms with E-state index < -0.39 is 11.5 Å². The van der Waals surface area contributed by atoms with Gasteiger partial charge in [0.25, 0.3) is 0 Å². The van der Waals surface area contributed by atoms with Crippen molar-refractivity contribution >= 4 is 33.3 Å². The largest absolute Gasteiger partial charge is 0.480 e. The summed E-state index contributed by atoms with van der Waals surface area (Å²) in [7, 11) is 0. The molecular formula is C12H13N3O2S. The van der Waals surface area contributed by atoms with E-state index in [4.69, 9.17) is 0 Å². The van der Waals surface area contributed by atoms with Crippen LogP contribution in [0.25, 0.3) is 10.2 Å². The Morgan fingerprint density at radius 3 is 3.17 bits per heavy atom. The summed E-state index contributed by atoms with van der Waals surface area (Å²) in [6, 6.07) is 1.95. The zero-order valence-electron chi connectivity index (χ0n) is 9.96. The Hall–Kier alpha value is -1.69. The maximum absolute atomic E-state index is 11.5. The lowest BCUT2D eigenvalue weighted by atomic mass is 9.99. The van der Waals surface area contributed by atoms with Crippen molar-refractivity contribution in [3.63, 3.8) is 0 Å². The minimum atomic E-state index is -0.858. The fraction of sp³-hybridized carbons (Fsp3) is 0.417. The highest BCUT2D eigenvalue weighted by Gasteiger charge is 2.44. The molecule has 2 aromatic heterocycles. The van der Waals surface area contributed by atoms with Crippen LogP contribution in [0.4, 0.5) is 5.82 Å². The normalized spacial score (nSPS) is 23.7. The topological polar surface area (TPSA) is 66.3 Å². The van der Waals surface area contributed by atoms with Gasteiger partial charge in [0.05, 0.1) is 5.39 Å². The Labute approximate surface area is 108 Å². The summed E-state index contributed by atoms with van der Waals surface area (Å²) < 4.78 is 0. The quantitative estimate of drug-likeness (QED) is 0.899. The molecule has 1 atom stereocenters. The van der Waals surface area contributed by atoms with E-state index in [9.17, 15) is 9.90 Å². The van der Waals surface area contributed by atoms with Crippen molar-refractivity contribution in [2.75, 3.05) is 11.4 Å². The van der Waals surface area contributed by atoms with E-state index in [2.05, 4.69) is 9.97 Å². The molecule has 0 spiro atoms. The van der Waals surface area contributed by atoms with Crippen molar-refractivity contribution in [2.24, 2.45) is 0 Å². The third-order valence-corrected chi connectivity index (χ3v) is 4.42. The summed E-state index contributed by atoms with van der Waals surface area (Å²) in [6.07, 6.45) is 3.03. The summed E-state index contributed by atoms with van der Waals surface area (Å²) in [6.45, 7) is 2.49. The maximum Gasteiger partial charge on any atom is 0.329 e. The van der Waals surface area contributed by atoms with Gasteiger partial charge in [-0.1, -0.05) is 0 Å². The number of carbonyl (C=O) groups is 1. The van der Waals surface area contributed by atoms with Crippen molar-refractivity contribution in [1.29, 1.82) is 0 Å². The molecule has 1 fully saturated rings. The number of thiophene rings is 1. The number of aromatic nitrogens is 2. The van der Waals surface area contributed by atoms with Gasteiger partial charge in [-0.3, -0.25) is 0 Å². The van der Waals surface area contributed by atoms with Gasteiger partial charge in [-0.15, -0.1) is 11.3 Å². The van der Waals surface area contributed by atoms with E-state index >= 15 is 0 Å². The highest BCUT2D eigenvalue weighted by atomic mass is 32.1. The Bertz CT molecular complexity index is 612. The highest BCUT2D eigenvalue weighted by Crippen LogP contribution is 2.37. The standard InChI is InChI=1S/C12H13N3O2S/c1-12(11(16)17)4-2-5-15(12)9-8-3-6-18-10(8)14-7-13-9/h3,6-7H,2,4-5H2,1H3,(H,16,17). The monoisotopic (exact) mass is 263 g/mol. The molecule has 3 rings (SSSR count). The van der Waals surface area contributed by atoms with Crippen LogP contribution >= 0.6 is 11.3 Å². The predicted molar refractivity (Wildman–Crippen MR) is 70.0 cm³/mol. The number of anilines is 1. The lowest BCUT2D eigenvalue weighted by Crippen LogP contribution is -2.48. The molecule has 1 unspecified atom stereocenters. The number of rotatable bonds is 2. The van der Waals surface area contributed by atoms with Gasteiger partial charge in [-0.05, 0) is 31.2 Å². The van der Waals surface area contributed by atoms with E-state index in [1.807, 2.05) is 16.3 Å². The summed E-state index contributed by atoms with van der Waals surface area (Å²) >= 11 is 1.54. The third-order valence-electron chi connectivity index (χ3n) is 3.60. The van der Waals surface area contributed by atoms with E-state index in [1.165, 1.54) is 6.33 Å². The Morgan fingerprint density at radius 2 is 2.39 bits per heavy atom. The Balaban J connectivity index is 2.14. The van der Waals surface area contributed by atoms with Crippen LogP contribution in [0.3, 0.4) is 0 Å². The van der Waals surface area contributed by atoms with Gasteiger partial charge in [0.15, 0.2) is 0 Å². The van der Waals surface area contributed by atoms with Crippen LogP contribution in [0, 0.1) is 0 Å². The molecule has 1 aliphatic heterocycles. The average Bonchev–Trinajstić information content (AvgIpc) is 2.95. The van der Waals surface area contributed by atoms with Gasteiger partial charge in [0, 0.05) is 6.54 Å². The molecule has 0 saturated carbocycles. The fourth-order valence-corrected chi connectivity index (χ4v) is 3.24. The molecule has 94 valence electrons. The maximum atomic E-state index is 11.5. The van der Waals surface area contributed by atoms with Gasteiger partial charge in [0.2, 0.25) is 0 Å². The summed E-state index contributed by atoms with van der Waals surface area (Å²) in [5.41, 5.74) is -0.858. The molecule has 0 bridgehead atoms. The molecule has 0 radical (unpaired) electrons. The number of aliphatic carboxylic acids is 1. The van der Waals surface area contributed by atoms with E-state index in [1.54, 1.807) is 18.3 Å². The SMILES string of the molecule is CC1(C(=O)O)CCCN1c1ncnc2sccc12. The van der Waals surface area contributed by atoms with Crippen LogP contribution in [-0.4, -0.2) is 33.1 Å². The van der Waals surface area contributed by atoms with Gasteiger partial charge in [-0.25, -0.2) is 14.8 Å². The lowest BCUT2D eigenvalue weighted by molar-refractivity contribution is -0.142. The predicted octanol–water partition coefficient (Wildman–Crippen LogP) is 2.13. The number of hydrogen-bond acceptors (Lipinski definition) is 5. The molecule has 1 N–H and O–H groups in total. The molecule has 1 aliphatic rings. The Kier molecular flexibility index (Phi) is 2.48. The zero-order chi connectivity index (χ0) is 12.8. The molecule has 6 heteroatoms. The summed E-state index contributed by atoms with van der Waals surface area (Å²) in [5.74, 6) is -0.0503. The minimum absolute atomic E-state index is 0.651. The second kappa shape index (κ2) is 3.91. The first-order valence-electron chi connectivity index (χ1n) is 5.82. The van der Waals surface area contributed by atoms with Crippen LogP contribution in [0.1, 0.15) is 19.8 Å². The van der Waals surface area contributed by atoms with Crippen LogP contribution in [0.2, 0.25) is 0 Å². The van der Waals surface area contributed by atoms with Gasteiger partial charge < -0.3 is 10.0 Å².